The van der Waals surface area contributed by atoms with E-state index in [9.17, 15) is 9.90 Å². The molecule has 0 bridgehead atoms. The molecule has 1 fully saturated rings. The van der Waals surface area contributed by atoms with Crippen molar-refractivity contribution in [1.29, 1.82) is 0 Å². The summed E-state index contributed by atoms with van der Waals surface area (Å²) in [5.74, 6) is 0.333. The molecule has 98 valence electrons. The summed E-state index contributed by atoms with van der Waals surface area (Å²) < 4.78 is 5.27. The number of amides is 1. The van der Waals surface area contributed by atoms with Crippen molar-refractivity contribution in [2.45, 2.75) is 26.0 Å². The maximum Gasteiger partial charge on any atom is 0.410 e. The Hall–Kier alpha value is -1.55. The third-order valence-electron chi connectivity index (χ3n) is 3.51. The Labute approximate surface area is 107 Å². The van der Waals surface area contributed by atoms with Gasteiger partial charge in [-0.1, -0.05) is 37.3 Å². The third-order valence-corrected chi connectivity index (χ3v) is 3.51. The molecule has 1 aliphatic heterocycles. The minimum absolute atomic E-state index is 0.00159. The van der Waals surface area contributed by atoms with Crippen molar-refractivity contribution in [3.05, 3.63) is 35.9 Å². The highest BCUT2D eigenvalue weighted by molar-refractivity contribution is 5.68. The average Bonchev–Trinajstić information content (AvgIpc) is 2.78. The average molecular weight is 249 g/mol. The van der Waals surface area contributed by atoms with Crippen molar-refractivity contribution in [3.8, 4) is 0 Å². The highest BCUT2D eigenvalue weighted by atomic mass is 16.6. The van der Waals surface area contributed by atoms with Crippen molar-refractivity contribution >= 4 is 6.09 Å². The normalized spacial score (nSPS) is 23.1. The van der Waals surface area contributed by atoms with Gasteiger partial charge in [0, 0.05) is 6.54 Å². The number of hydrogen-bond acceptors (Lipinski definition) is 3. The SMILES string of the molecule is C[C@@H]1CCN(C(=O)OCc2ccccc2)[C@@H]1CO. The number of likely N-dealkylation sites (tertiary alicyclic amines) is 1. The van der Waals surface area contributed by atoms with E-state index >= 15 is 0 Å². The summed E-state index contributed by atoms with van der Waals surface area (Å²) in [5.41, 5.74) is 0.971. The van der Waals surface area contributed by atoms with Crippen LogP contribution in [0.1, 0.15) is 18.9 Å². The van der Waals surface area contributed by atoms with Crippen LogP contribution in [0.15, 0.2) is 30.3 Å². The number of ether oxygens (including phenoxy) is 1. The molecule has 0 unspecified atom stereocenters. The topological polar surface area (TPSA) is 49.8 Å². The first-order valence-electron chi connectivity index (χ1n) is 6.30. The Morgan fingerprint density at radius 3 is 2.83 bits per heavy atom. The monoisotopic (exact) mass is 249 g/mol. The molecule has 0 aromatic heterocycles. The molecule has 0 spiro atoms. The molecule has 1 saturated heterocycles. The molecule has 0 radical (unpaired) electrons. The predicted molar refractivity (Wildman–Crippen MR) is 68.0 cm³/mol. The Balaban J connectivity index is 1.88. The van der Waals surface area contributed by atoms with Crippen LogP contribution in [0.4, 0.5) is 4.79 Å². The van der Waals surface area contributed by atoms with Gasteiger partial charge in [0.15, 0.2) is 0 Å². The Bertz CT molecular complexity index is 393. The van der Waals surface area contributed by atoms with E-state index in [-0.39, 0.29) is 25.3 Å². The fourth-order valence-electron chi connectivity index (χ4n) is 2.32. The first-order chi connectivity index (χ1) is 8.72. The van der Waals surface area contributed by atoms with Crippen molar-refractivity contribution in [1.82, 2.24) is 4.90 Å². The summed E-state index contributed by atoms with van der Waals surface area (Å²) in [6.45, 7) is 3.00. The smallest absolute Gasteiger partial charge is 0.410 e. The molecule has 1 aromatic rings. The lowest BCUT2D eigenvalue weighted by atomic mass is 10.0. The van der Waals surface area contributed by atoms with E-state index in [1.165, 1.54) is 0 Å². The molecule has 1 N–H and O–H groups in total. The van der Waals surface area contributed by atoms with Crippen LogP contribution in [-0.4, -0.2) is 35.3 Å². The summed E-state index contributed by atoms with van der Waals surface area (Å²) in [4.78, 5) is 13.6. The lowest BCUT2D eigenvalue weighted by Crippen LogP contribution is -2.40. The summed E-state index contributed by atoms with van der Waals surface area (Å²) in [6, 6.07) is 9.49. The maximum atomic E-state index is 11.9. The first-order valence-corrected chi connectivity index (χ1v) is 6.30. The van der Waals surface area contributed by atoms with Gasteiger partial charge in [-0.15, -0.1) is 0 Å². The molecule has 0 saturated carbocycles. The third kappa shape index (κ3) is 2.82. The molecule has 1 aliphatic rings. The van der Waals surface area contributed by atoms with Crippen molar-refractivity contribution in [2.24, 2.45) is 5.92 Å². The van der Waals surface area contributed by atoms with E-state index in [1.807, 2.05) is 37.3 Å². The number of hydrogen-bond donors (Lipinski definition) is 1. The molecule has 4 heteroatoms. The van der Waals surface area contributed by atoms with Crippen LogP contribution in [0.25, 0.3) is 0 Å². The van der Waals surface area contributed by atoms with Crippen LogP contribution >= 0.6 is 0 Å². The van der Waals surface area contributed by atoms with Crippen molar-refractivity contribution < 1.29 is 14.6 Å². The highest BCUT2D eigenvalue weighted by Gasteiger charge is 2.34. The fraction of sp³-hybridized carbons (Fsp3) is 0.500. The molecule has 1 heterocycles. The second-order valence-electron chi connectivity index (χ2n) is 4.75. The number of rotatable bonds is 3. The van der Waals surface area contributed by atoms with Gasteiger partial charge in [-0.2, -0.15) is 0 Å². The highest BCUT2D eigenvalue weighted by Crippen LogP contribution is 2.24. The number of nitrogens with zero attached hydrogens (tertiary/aromatic N) is 1. The molecule has 4 nitrogen and oxygen atoms in total. The van der Waals surface area contributed by atoms with Gasteiger partial charge in [-0.3, -0.25) is 0 Å². The van der Waals surface area contributed by atoms with Gasteiger partial charge in [0.1, 0.15) is 6.61 Å². The first kappa shape index (κ1) is 12.9. The molecule has 18 heavy (non-hydrogen) atoms. The van der Waals surface area contributed by atoms with Gasteiger partial charge >= 0.3 is 6.09 Å². The predicted octanol–water partition coefficient (Wildman–Crippen LogP) is 2.03. The number of carbonyl (C=O) groups is 1. The standard InChI is InChI=1S/C14H19NO3/c1-11-7-8-15(13(11)9-16)14(17)18-10-12-5-3-2-4-6-12/h2-6,11,13,16H,7-10H2,1H3/t11-,13-/m1/s1. The quantitative estimate of drug-likeness (QED) is 0.891. The van der Waals surface area contributed by atoms with Crippen molar-refractivity contribution in [3.63, 3.8) is 0 Å². The summed E-state index contributed by atoms with van der Waals surface area (Å²) >= 11 is 0. The van der Waals surface area contributed by atoms with Crippen molar-refractivity contribution in [2.75, 3.05) is 13.2 Å². The van der Waals surface area contributed by atoms with Crippen LogP contribution in [0, 0.1) is 5.92 Å². The largest absolute Gasteiger partial charge is 0.445 e. The minimum Gasteiger partial charge on any atom is -0.445 e. The van der Waals surface area contributed by atoms with Gasteiger partial charge in [0.2, 0.25) is 0 Å². The van der Waals surface area contributed by atoms with Crippen LogP contribution in [0.3, 0.4) is 0 Å². The van der Waals surface area contributed by atoms with Gasteiger partial charge < -0.3 is 14.7 Å². The van der Waals surface area contributed by atoms with Crippen LogP contribution in [-0.2, 0) is 11.3 Å². The summed E-state index contributed by atoms with van der Waals surface area (Å²) in [7, 11) is 0. The minimum atomic E-state index is -0.331. The number of aliphatic hydroxyl groups excluding tert-OH is 1. The molecule has 2 atom stereocenters. The molecule has 2 rings (SSSR count). The maximum absolute atomic E-state index is 11.9. The second-order valence-corrected chi connectivity index (χ2v) is 4.75. The van der Waals surface area contributed by atoms with E-state index in [0.29, 0.717) is 12.5 Å². The van der Waals surface area contributed by atoms with E-state index < -0.39 is 0 Å². The van der Waals surface area contributed by atoms with Gasteiger partial charge in [-0.25, -0.2) is 4.79 Å². The van der Waals surface area contributed by atoms with E-state index in [1.54, 1.807) is 4.90 Å². The molecule has 0 aliphatic carbocycles. The zero-order valence-electron chi connectivity index (χ0n) is 10.6. The van der Waals surface area contributed by atoms with Crippen LogP contribution in [0.2, 0.25) is 0 Å². The van der Waals surface area contributed by atoms with Gasteiger partial charge in [0.25, 0.3) is 0 Å². The lowest BCUT2D eigenvalue weighted by Gasteiger charge is -2.24. The van der Waals surface area contributed by atoms with E-state index in [2.05, 4.69) is 0 Å². The van der Waals surface area contributed by atoms with Gasteiger partial charge in [-0.05, 0) is 17.9 Å². The lowest BCUT2D eigenvalue weighted by molar-refractivity contribution is 0.0739. The molecular formula is C14H19NO3. The second kappa shape index (κ2) is 5.87. The van der Waals surface area contributed by atoms with Crippen LogP contribution < -0.4 is 0 Å². The Morgan fingerprint density at radius 2 is 2.17 bits per heavy atom. The number of aliphatic hydroxyl groups is 1. The number of carbonyl (C=O) groups excluding carboxylic acids is 1. The Morgan fingerprint density at radius 1 is 1.44 bits per heavy atom. The van der Waals surface area contributed by atoms with E-state index in [0.717, 1.165) is 12.0 Å². The van der Waals surface area contributed by atoms with E-state index in [4.69, 9.17) is 4.74 Å². The summed E-state index contributed by atoms with van der Waals surface area (Å²) in [6.07, 6.45) is 0.591. The van der Waals surface area contributed by atoms with Gasteiger partial charge in [0.05, 0.1) is 12.6 Å². The number of benzene rings is 1. The molecular weight excluding hydrogens is 230 g/mol. The van der Waals surface area contributed by atoms with Crippen LogP contribution in [0.5, 0.6) is 0 Å². The summed E-state index contributed by atoms with van der Waals surface area (Å²) in [5, 5.41) is 9.29. The molecule has 1 aromatic carbocycles. The molecule has 1 amide bonds. The zero-order valence-corrected chi connectivity index (χ0v) is 10.6. The zero-order chi connectivity index (χ0) is 13.0. The Kier molecular flexibility index (Phi) is 4.20. The fourth-order valence-corrected chi connectivity index (χ4v) is 2.32.